The molecule has 2 N–H and O–H groups in total. The minimum Gasteiger partial charge on any atom is -0.368 e. The third-order valence-corrected chi connectivity index (χ3v) is 3.10. The molecule has 17 heavy (non-hydrogen) atoms. The molecule has 0 bridgehead atoms. The highest BCUT2D eigenvalue weighted by Crippen LogP contribution is 2.31. The molecule has 0 spiro atoms. The Hall–Kier alpha value is -1.97. The van der Waals surface area contributed by atoms with Crippen molar-refractivity contribution in [2.24, 2.45) is 0 Å². The van der Waals surface area contributed by atoms with Crippen LogP contribution in [-0.4, -0.2) is 9.97 Å². The molecule has 3 nitrogen and oxygen atoms in total. The van der Waals surface area contributed by atoms with E-state index in [9.17, 15) is 4.39 Å². The summed E-state index contributed by atoms with van der Waals surface area (Å²) in [5, 5.41) is 0. The molecule has 0 aliphatic heterocycles. The molecule has 1 heterocycles. The monoisotopic (exact) mass is 229 g/mol. The van der Waals surface area contributed by atoms with Gasteiger partial charge in [0.05, 0.1) is 5.69 Å². The van der Waals surface area contributed by atoms with E-state index >= 15 is 0 Å². The molecule has 4 heteroatoms. The minimum absolute atomic E-state index is 0.237. The molecule has 0 saturated carbocycles. The molecule has 0 unspecified atom stereocenters. The first-order chi connectivity index (χ1) is 8.24. The molecule has 0 radical (unpaired) electrons. The second-order valence-electron chi connectivity index (χ2n) is 4.26. The second-order valence-corrected chi connectivity index (χ2v) is 4.26. The summed E-state index contributed by atoms with van der Waals surface area (Å²) in [4.78, 5) is 8.26. The highest BCUT2D eigenvalue weighted by atomic mass is 19.1. The van der Waals surface area contributed by atoms with E-state index in [-0.39, 0.29) is 11.8 Å². The van der Waals surface area contributed by atoms with E-state index in [2.05, 4.69) is 9.97 Å². The topological polar surface area (TPSA) is 51.8 Å². The van der Waals surface area contributed by atoms with Crippen molar-refractivity contribution in [2.45, 2.75) is 19.3 Å². The van der Waals surface area contributed by atoms with E-state index in [4.69, 9.17) is 5.73 Å². The number of hydrogen-bond acceptors (Lipinski definition) is 3. The van der Waals surface area contributed by atoms with Gasteiger partial charge in [-0.15, -0.1) is 0 Å². The number of nitrogen functional groups attached to an aromatic ring is 1. The van der Waals surface area contributed by atoms with Gasteiger partial charge in [0.15, 0.2) is 0 Å². The molecule has 3 rings (SSSR count). The van der Waals surface area contributed by atoms with Crippen molar-refractivity contribution < 1.29 is 4.39 Å². The van der Waals surface area contributed by atoms with Crippen LogP contribution in [-0.2, 0) is 12.8 Å². The molecule has 0 amide bonds. The van der Waals surface area contributed by atoms with Crippen LogP contribution in [0.25, 0.3) is 11.3 Å². The number of anilines is 1. The van der Waals surface area contributed by atoms with Crippen LogP contribution in [0.2, 0.25) is 0 Å². The maximum Gasteiger partial charge on any atom is 0.220 e. The lowest BCUT2D eigenvalue weighted by Crippen LogP contribution is -2.00. The Morgan fingerprint density at radius 2 is 2.00 bits per heavy atom. The van der Waals surface area contributed by atoms with E-state index in [0.29, 0.717) is 0 Å². The Kier molecular flexibility index (Phi) is 2.28. The predicted molar refractivity (Wildman–Crippen MR) is 63.9 cm³/mol. The Balaban J connectivity index is 2.28. The third kappa shape index (κ3) is 1.75. The Labute approximate surface area is 98.5 Å². The molecular weight excluding hydrogens is 217 g/mol. The normalized spacial score (nSPS) is 13.7. The molecule has 1 aliphatic carbocycles. The first-order valence-electron chi connectivity index (χ1n) is 5.64. The van der Waals surface area contributed by atoms with Crippen LogP contribution in [0.5, 0.6) is 0 Å². The van der Waals surface area contributed by atoms with Gasteiger partial charge in [-0.3, -0.25) is 0 Å². The van der Waals surface area contributed by atoms with E-state index in [1.165, 1.54) is 12.1 Å². The predicted octanol–water partition coefficient (Wildman–Crippen LogP) is 2.35. The first kappa shape index (κ1) is 10.2. The zero-order chi connectivity index (χ0) is 11.8. The van der Waals surface area contributed by atoms with Crippen molar-refractivity contribution in [3.05, 3.63) is 41.3 Å². The lowest BCUT2D eigenvalue weighted by atomic mass is 10.0. The number of halogens is 1. The number of aryl methyl sites for hydroxylation is 2. The van der Waals surface area contributed by atoms with Crippen LogP contribution < -0.4 is 5.73 Å². The lowest BCUT2D eigenvalue weighted by molar-refractivity contribution is 0.627. The van der Waals surface area contributed by atoms with E-state index in [1.807, 2.05) is 6.07 Å². The zero-order valence-electron chi connectivity index (χ0n) is 9.28. The molecule has 1 aliphatic rings. The summed E-state index contributed by atoms with van der Waals surface area (Å²) in [5.41, 5.74) is 9.42. The third-order valence-electron chi connectivity index (χ3n) is 3.10. The number of nitrogens with zero attached hydrogens (tertiary/aromatic N) is 2. The number of aromatic nitrogens is 2. The molecule has 0 atom stereocenters. The average molecular weight is 229 g/mol. The number of nitrogens with two attached hydrogens (primary N) is 1. The Bertz CT molecular complexity index is 529. The van der Waals surface area contributed by atoms with E-state index in [0.717, 1.165) is 41.6 Å². The van der Waals surface area contributed by atoms with E-state index in [1.54, 1.807) is 6.20 Å². The molecule has 0 saturated heterocycles. The number of benzene rings is 1. The summed E-state index contributed by atoms with van der Waals surface area (Å²) in [7, 11) is 0. The lowest BCUT2D eigenvalue weighted by Gasteiger charge is -2.08. The fraction of sp³-hybridized carbons (Fsp3) is 0.231. The van der Waals surface area contributed by atoms with Gasteiger partial charge in [-0.05, 0) is 42.5 Å². The molecule has 1 aromatic heterocycles. The maximum atomic E-state index is 13.3. The van der Waals surface area contributed by atoms with Crippen LogP contribution in [0.4, 0.5) is 10.3 Å². The summed E-state index contributed by atoms with van der Waals surface area (Å²) < 4.78 is 13.3. The van der Waals surface area contributed by atoms with Crippen molar-refractivity contribution in [3.8, 4) is 11.3 Å². The van der Waals surface area contributed by atoms with Gasteiger partial charge in [0.2, 0.25) is 5.95 Å². The van der Waals surface area contributed by atoms with Gasteiger partial charge in [0, 0.05) is 11.8 Å². The highest BCUT2D eigenvalue weighted by Gasteiger charge is 2.16. The van der Waals surface area contributed by atoms with Gasteiger partial charge >= 0.3 is 0 Å². The summed E-state index contributed by atoms with van der Waals surface area (Å²) >= 11 is 0. The van der Waals surface area contributed by atoms with Crippen molar-refractivity contribution in [3.63, 3.8) is 0 Å². The standard InChI is InChI=1S/C13H12FN3/c14-10-5-4-8-2-1-3-9-7-16-13(15)17-12(9)11(8)6-10/h4-7H,1-3H2,(H2,15,16,17). The van der Waals surface area contributed by atoms with Crippen molar-refractivity contribution in [1.29, 1.82) is 0 Å². The number of rotatable bonds is 0. The molecule has 86 valence electrons. The minimum atomic E-state index is -0.242. The van der Waals surface area contributed by atoms with Crippen LogP contribution in [0, 0.1) is 5.82 Å². The van der Waals surface area contributed by atoms with Crippen LogP contribution in [0.3, 0.4) is 0 Å². The van der Waals surface area contributed by atoms with Gasteiger partial charge in [-0.25, -0.2) is 14.4 Å². The van der Waals surface area contributed by atoms with E-state index < -0.39 is 0 Å². The van der Waals surface area contributed by atoms with Crippen LogP contribution >= 0.6 is 0 Å². The maximum absolute atomic E-state index is 13.3. The number of fused-ring (bicyclic) bond motifs is 3. The summed E-state index contributed by atoms with van der Waals surface area (Å²) in [6.45, 7) is 0. The molecule has 1 aromatic carbocycles. The largest absolute Gasteiger partial charge is 0.368 e. The van der Waals surface area contributed by atoms with Gasteiger partial charge in [0.1, 0.15) is 5.82 Å². The van der Waals surface area contributed by atoms with Crippen molar-refractivity contribution >= 4 is 5.95 Å². The van der Waals surface area contributed by atoms with Crippen LogP contribution in [0.1, 0.15) is 17.5 Å². The zero-order valence-corrected chi connectivity index (χ0v) is 9.28. The first-order valence-corrected chi connectivity index (χ1v) is 5.64. The van der Waals surface area contributed by atoms with Crippen molar-refractivity contribution in [1.82, 2.24) is 9.97 Å². The highest BCUT2D eigenvalue weighted by molar-refractivity contribution is 5.68. The molecular formula is C13H12FN3. The Morgan fingerprint density at radius 1 is 1.18 bits per heavy atom. The summed E-state index contributed by atoms with van der Waals surface area (Å²) in [5.74, 6) is -0.00496. The second kappa shape index (κ2) is 3.80. The average Bonchev–Trinajstić information content (AvgIpc) is 2.48. The fourth-order valence-electron chi connectivity index (χ4n) is 2.29. The number of hydrogen-bond donors (Lipinski definition) is 1. The van der Waals surface area contributed by atoms with Gasteiger partial charge in [0.25, 0.3) is 0 Å². The van der Waals surface area contributed by atoms with Gasteiger partial charge < -0.3 is 5.73 Å². The fourth-order valence-corrected chi connectivity index (χ4v) is 2.29. The summed E-state index contributed by atoms with van der Waals surface area (Å²) in [6, 6.07) is 4.86. The van der Waals surface area contributed by atoms with Gasteiger partial charge in [-0.1, -0.05) is 6.07 Å². The van der Waals surface area contributed by atoms with Gasteiger partial charge in [-0.2, -0.15) is 0 Å². The SMILES string of the molecule is Nc1ncc2c(n1)-c1cc(F)ccc1CCC2. The van der Waals surface area contributed by atoms with Crippen LogP contribution in [0.15, 0.2) is 24.4 Å². The Morgan fingerprint density at radius 3 is 2.88 bits per heavy atom. The summed E-state index contributed by atoms with van der Waals surface area (Å²) in [6.07, 6.45) is 4.62. The van der Waals surface area contributed by atoms with Crippen molar-refractivity contribution in [2.75, 3.05) is 5.73 Å². The quantitative estimate of drug-likeness (QED) is 0.754. The smallest absolute Gasteiger partial charge is 0.220 e. The molecule has 0 fully saturated rings. The molecule has 2 aromatic rings.